The van der Waals surface area contributed by atoms with Gasteiger partial charge < -0.3 is 0 Å². The first kappa shape index (κ1) is 10.2. The third-order valence-corrected chi connectivity index (χ3v) is 1.93. The van der Waals surface area contributed by atoms with Gasteiger partial charge in [0.15, 0.2) is 5.69 Å². The SMILES string of the molecule is Cc1nc2nc(C(F)(F)F)cc(Cl)n2n1. The lowest BCUT2D eigenvalue weighted by molar-refractivity contribution is -0.141. The lowest BCUT2D eigenvalue weighted by atomic mass is 10.4. The standard InChI is InChI=1S/C7H4ClF3N4/c1-3-12-6-13-4(7(9,10)11)2-5(8)15(6)14-3/h2H,1H3. The van der Waals surface area contributed by atoms with Gasteiger partial charge in [0.25, 0.3) is 5.78 Å². The predicted octanol–water partition coefficient (Wildman–Crippen LogP) is 2.10. The van der Waals surface area contributed by atoms with Crippen molar-refractivity contribution in [2.45, 2.75) is 13.1 Å². The molecule has 8 heteroatoms. The van der Waals surface area contributed by atoms with Gasteiger partial charge >= 0.3 is 6.18 Å². The van der Waals surface area contributed by atoms with Crippen LogP contribution < -0.4 is 0 Å². The first-order valence-electron chi connectivity index (χ1n) is 3.85. The largest absolute Gasteiger partial charge is 0.433 e. The number of rotatable bonds is 0. The molecule has 0 aliphatic rings. The molecule has 2 aromatic rings. The minimum atomic E-state index is -4.54. The summed E-state index contributed by atoms with van der Waals surface area (Å²) in [5, 5.41) is 3.61. The molecule has 0 N–H and O–H groups in total. The molecule has 15 heavy (non-hydrogen) atoms. The molecule has 2 heterocycles. The molecule has 2 aromatic heterocycles. The second-order valence-corrected chi connectivity index (χ2v) is 3.22. The van der Waals surface area contributed by atoms with Gasteiger partial charge in [0, 0.05) is 6.07 Å². The van der Waals surface area contributed by atoms with Crippen LogP contribution in [-0.4, -0.2) is 19.6 Å². The zero-order valence-electron chi connectivity index (χ0n) is 7.38. The molecule has 0 spiro atoms. The van der Waals surface area contributed by atoms with Crippen LogP contribution >= 0.6 is 11.6 Å². The van der Waals surface area contributed by atoms with E-state index >= 15 is 0 Å². The number of fused-ring (bicyclic) bond motifs is 1. The van der Waals surface area contributed by atoms with Crippen molar-refractivity contribution in [1.29, 1.82) is 0 Å². The van der Waals surface area contributed by atoms with E-state index in [4.69, 9.17) is 11.6 Å². The van der Waals surface area contributed by atoms with E-state index in [-0.39, 0.29) is 10.9 Å². The summed E-state index contributed by atoms with van der Waals surface area (Å²) in [6, 6.07) is 0.711. The number of hydrogen-bond donors (Lipinski definition) is 0. The Hall–Kier alpha value is -1.37. The second-order valence-electron chi connectivity index (χ2n) is 2.83. The number of aryl methyl sites for hydroxylation is 1. The van der Waals surface area contributed by atoms with Crippen LogP contribution in [0.25, 0.3) is 5.78 Å². The van der Waals surface area contributed by atoms with Crippen LogP contribution in [0.2, 0.25) is 5.15 Å². The first-order valence-corrected chi connectivity index (χ1v) is 4.23. The van der Waals surface area contributed by atoms with E-state index < -0.39 is 11.9 Å². The Labute approximate surface area is 86.7 Å². The third-order valence-electron chi connectivity index (χ3n) is 1.67. The van der Waals surface area contributed by atoms with Crippen molar-refractivity contribution in [3.8, 4) is 0 Å². The molecular formula is C7H4ClF3N4. The molecule has 0 amide bonds. The highest BCUT2D eigenvalue weighted by Gasteiger charge is 2.33. The molecule has 0 bridgehead atoms. The summed E-state index contributed by atoms with van der Waals surface area (Å²) in [4.78, 5) is 7.01. The molecule has 0 aliphatic carbocycles. The number of aromatic nitrogens is 4. The number of halogens is 4. The van der Waals surface area contributed by atoms with Crippen molar-refractivity contribution < 1.29 is 13.2 Å². The van der Waals surface area contributed by atoms with Gasteiger partial charge in [0.1, 0.15) is 11.0 Å². The van der Waals surface area contributed by atoms with Gasteiger partial charge in [-0.05, 0) is 6.92 Å². The summed E-state index contributed by atoms with van der Waals surface area (Å²) >= 11 is 5.60. The Balaban J connectivity index is 2.72. The molecule has 0 aromatic carbocycles. The molecule has 0 aliphatic heterocycles. The fraction of sp³-hybridized carbons (Fsp3) is 0.286. The predicted molar refractivity (Wildman–Crippen MR) is 45.5 cm³/mol. The second kappa shape index (κ2) is 3.06. The zero-order valence-corrected chi connectivity index (χ0v) is 8.13. The molecule has 0 saturated carbocycles. The fourth-order valence-corrected chi connectivity index (χ4v) is 1.30. The first-order chi connectivity index (χ1) is 6.88. The van der Waals surface area contributed by atoms with Gasteiger partial charge in [-0.1, -0.05) is 11.6 Å². The van der Waals surface area contributed by atoms with Gasteiger partial charge in [-0.25, -0.2) is 4.98 Å². The lowest BCUT2D eigenvalue weighted by Gasteiger charge is -2.05. The minimum absolute atomic E-state index is 0.160. The Kier molecular flexibility index (Phi) is 2.07. The molecule has 80 valence electrons. The fourth-order valence-electron chi connectivity index (χ4n) is 1.08. The molecule has 2 rings (SSSR count). The van der Waals surface area contributed by atoms with Gasteiger partial charge in [0.05, 0.1) is 0 Å². The number of hydrogen-bond acceptors (Lipinski definition) is 3. The van der Waals surface area contributed by atoms with E-state index in [1.54, 1.807) is 0 Å². The number of alkyl halides is 3. The van der Waals surface area contributed by atoms with Crippen LogP contribution in [0.15, 0.2) is 6.07 Å². The summed E-state index contributed by atoms with van der Waals surface area (Å²) in [6.07, 6.45) is -4.54. The van der Waals surface area contributed by atoms with Crippen molar-refractivity contribution in [3.63, 3.8) is 0 Å². The van der Waals surface area contributed by atoms with E-state index in [1.807, 2.05) is 0 Å². The molecular weight excluding hydrogens is 233 g/mol. The maximum Gasteiger partial charge on any atom is 0.433 e. The minimum Gasteiger partial charge on any atom is -0.206 e. The Bertz CT molecular complexity index is 519. The normalized spacial score (nSPS) is 12.3. The molecule has 0 radical (unpaired) electrons. The Morgan fingerprint density at radius 3 is 2.60 bits per heavy atom. The van der Waals surface area contributed by atoms with Crippen LogP contribution in [-0.2, 0) is 6.18 Å². The van der Waals surface area contributed by atoms with Crippen molar-refractivity contribution in [1.82, 2.24) is 19.6 Å². The van der Waals surface area contributed by atoms with Gasteiger partial charge in [-0.15, -0.1) is 5.10 Å². The Morgan fingerprint density at radius 2 is 2.00 bits per heavy atom. The van der Waals surface area contributed by atoms with E-state index in [9.17, 15) is 13.2 Å². The maximum absolute atomic E-state index is 12.3. The highest BCUT2D eigenvalue weighted by atomic mass is 35.5. The smallest absolute Gasteiger partial charge is 0.206 e. The van der Waals surface area contributed by atoms with Gasteiger partial charge in [0.2, 0.25) is 0 Å². The van der Waals surface area contributed by atoms with Crippen LogP contribution in [0, 0.1) is 6.92 Å². The van der Waals surface area contributed by atoms with E-state index in [1.165, 1.54) is 6.92 Å². The van der Waals surface area contributed by atoms with Crippen LogP contribution in [0.5, 0.6) is 0 Å². The molecule has 0 unspecified atom stereocenters. The maximum atomic E-state index is 12.3. The molecule has 0 atom stereocenters. The van der Waals surface area contributed by atoms with E-state index in [0.717, 1.165) is 4.52 Å². The summed E-state index contributed by atoms with van der Waals surface area (Å²) in [5.74, 6) is 0.149. The summed E-state index contributed by atoms with van der Waals surface area (Å²) in [7, 11) is 0. The topological polar surface area (TPSA) is 43.1 Å². The highest BCUT2D eigenvalue weighted by molar-refractivity contribution is 6.29. The average molecular weight is 237 g/mol. The summed E-state index contributed by atoms with van der Waals surface area (Å²) in [6.45, 7) is 1.54. The molecule has 0 fully saturated rings. The lowest BCUT2D eigenvalue weighted by Crippen LogP contribution is -2.10. The van der Waals surface area contributed by atoms with Crippen LogP contribution in [0.4, 0.5) is 13.2 Å². The number of nitrogens with zero attached hydrogens (tertiary/aromatic N) is 4. The van der Waals surface area contributed by atoms with Crippen molar-refractivity contribution in [2.24, 2.45) is 0 Å². The van der Waals surface area contributed by atoms with Gasteiger partial charge in [-0.3, -0.25) is 0 Å². The van der Waals surface area contributed by atoms with Crippen molar-refractivity contribution in [2.75, 3.05) is 0 Å². The van der Waals surface area contributed by atoms with Crippen molar-refractivity contribution >= 4 is 17.4 Å². The molecule has 4 nitrogen and oxygen atoms in total. The Morgan fingerprint density at radius 1 is 1.33 bits per heavy atom. The summed E-state index contributed by atoms with van der Waals surface area (Å²) in [5.41, 5.74) is -1.08. The third kappa shape index (κ3) is 1.74. The van der Waals surface area contributed by atoms with Crippen molar-refractivity contribution in [3.05, 3.63) is 22.7 Å². The molecule has 0 saturated heterocycles. The highest BCUT2D eigenvalue weighted by Crippen LogP contribution is 2.29. The monoisotopic (exact) mass is 236 g/mol. The summed E-state index contributed by atoms with van der Waals surface area (Å²) < 4.78 is 38.0. The van der Waals surface area contributed by atoms with Crippen LogP contribution in [0.1, 0.15) is 11.5 Å². The quantitative estimate of drug-likeness (QED) is 0.658. The van der Waals surface area contributed by atoms with Gasteiger partial charge in [-0.2, -0.15) is 22.7 Å². The zero-order chi connectivity index (χ0) is 11.2. The van der Waals surface area contributed by atoms with Crippen LogP contribution in [0.3, 0.4) is 0 Å². The average Bonchev–Trinajstić information content (AvgIpc) is 2.44. The van der Waals surface area contributed by atoms with E-state index in [2.05, 4.69) is 15.1 Å². The van der Waals surface area contributed by atoms with E-state index in [0.29, 0.717) is 11.9 Å².